The van der Waals surface area contributed by atoms with E-state index >= 15 is 0 Å². The molecule has 2 heteroatoms. The molecule has 0 unspecified atom stereocenters. The van der Waals surface area contributed by atoms with Gasteiger partial charge in [0.25, 0.3) is 0 Å². The van der Waals surface area contributed by atoms with E-state index in [-0.39, 0.29) is 19.8 Å². The van der Waals surface area contributed by atoms with E-state index in [0.29, 0.717) is 5.75 Å². The summed E-state index contributed by atoms with van der Waals surface area (Å²) in [5, 5.41) is 8.63. The summed E-state index contributed by atoms with van der Waals surface area (Å²) >= 11 is 0. The summed E-state index contributed by atoms with van der Waals surface area (Å²) in [4.78, 5) is 0. The number of hydrogen-bond donors (Lipinski definition) is 1. The number of para-hydroxylation sites is 1. The molecule has 0 bridgehead atoms. The fourth-order valence-electron chi connectivity index (χ4n) is 0.428. The average molecular weight is 167 g/mol. The van der Waals surface area contributed by atoms with Crippen LogP contribution < -0.4 is 0 Å². The number of hydrogen-bond acceptors (Lipinski definition) is 1. The Kier molecular flexibility index (Phi) is 3.48. The average Bonchev–Trinajstić information content (AvgIpc) is 1.69. The summed E-state index contributed by atoms with van der Waals surface area (Å²) in [6.07, 6.45) is 0. The zero-order valence-electron chi connectivity index (χ0n) is 3.83. The molecule has 0 radical (unpaired) electrons. The van der Waals surface area contributed by atoms with Crippen molar-refractivity contribution in [1.82, 2.24) is 0 Å². The fraction of sp³-hybridized carbons (Fsp3) is 0. The molecule has 1 aromatic carbocycles. The molecule has 0 saturated heterocycles. The Morgan fingerprint density at radius 1 is 1.00 bits per heavy atom. The molecule has 0 amide bonds. The third-order valence-corrected chi connectivity index (χ3v) is 0.756. The summed E-state index contributed by atoms with van der Waals surface area (Å²) in [6.45, 7) is 0. The normalized spacial score (nSPS) is 7.50. The second kappa shape index (κ2) is 3.63. The van der Waals surface area contributed by atoms with Crippen LogP contribution in [0.1, 0.15) is 0 Å². The van der Waals surface area contributed by atoms with Gasteiger partial charge >= 0.3 is 19.8 Å². The van der Waals surface area contributed by atoms with Gasteiger partial charge in [0.15, 0.2) is 0 Å². The maximum atomic E-state index is 8.63. The van der Waals surface area contributed by atoms with Crippen LogP contribution in [0, 0.1) is 0 Å². The Labute approximate surface area is 61.4 Å². The third kappa shape index (κ3) is 2.09. The Morgan fingerprint density at radius 3 is 1.75 bits per heavy atom. The third-order valence-electron chi connectivity index (χ3n) is 0.756. The van der Waals surface area contributed by atoms with Crippen LogP contribution in [-0.4, -0.2) is 24.9 Å². The standard InChI is InChI=1S/C6H6O.Ga.3H/c7-6-4-2-1-3-5-6;;;;/h1-5,7H;;;;. The van der Waals surface area contributed by atoms with Gasteiger partial charge in [-0.1, -0.05) is 18.2 Å². The maximum absolute atomic E-state index is 8.63. The topological polar surface area (TPSA) is 20.2 Å². The quantitative estimate of drug-likeness (QED) is 0.547. The van der Waals surface area contributed by atoms with Crippen LogP contribution in [-0.2, 0) is 0 Å². The van der Waals surface area contributed by atoms with Crippen LogP contribution in [0.3, 0.4) is 0 Å². The van der Waals surface area contributed by atoms with Crippen molar-refractivity contribution in [2.24, 2.45) is 0 Å². The van der Waals surface area contributed by atoms with E-state index in [1.165, 1.54) is 0 Å². The molecule has 0 aliphatic carbocycles. The van der Waals surface area contributed by atoms with Gasteiger partial charge in [-0.3, -0.25) is 0 Å². The van der Waals surface area contributed by atoms with Gasteiger partial charge in [0.05, 0.1) is 0 Å². The van der Waals surface area contributed by atoms with E-state index in [1.807, 2.05) is 6.07 Å². The summed E-state index contributed by atoms with van der Waals surface area (Å²) in [6, 6.07) is 8.71. The van der Waals surface area contributed by atoms with Crippen molar-refractivity contribution in [2.75, 3.05) is 0 Å². The van der Waals surface area contributed by atoms with Crippen molar-refractivity contribution < 1.29 is 5.11 Å². The molecule has 1 rings (SSSR count). The molecular weight excluding hydrogens is 158 g/mol. The van der Waals surface area contributed by atoms with Crippen molar-refractivity contribution in [1.29, 1.82) is 0 Å². The predicted octanol–water partition coefficient (Wildman–Crippen LogP) is 0.208. The van der Waals surface area contributed by atoms with Gasteiger partial charge in [-0.2, -0.15) is 0 Å². The Hall–Kier alpha value is -0.344. The summed E-state index contributed by atoms with van der Waals surface area (Å²) in [5.41, 5.74) is 0. The molecule has 0 heterocycles. The van der Waals surface area contributed by atoms with Crippen molar-refractivity contribution in [3.05, 3.63) is 30.3 Å². The predicted molar refractivity (Wildman–Crippen MR) is 38.0 cm³/mol. The molecule has 0 fully saturated rings. The van der Waals surface area contributed by atoms with Crippen molar-refractivity contribution >= 4 is 19.8 Å². The first kappa shape index (κ1) is 7.66. The van der Waals surface area contributed by atoms with Crippen LogP contribution in [0.15, 0.2) is 30.3 Å². The molecule has 8 heavy (non-hydrogen) atoms. The van der Waals surface area contributed by atoms with Crippen LogP contribution in [0.25, 0.3) is 0 Å². The minimum absolute atomic E-state index is 0. The van der Waals surface area contributed by atoms with Gasteiger partial charge in [0.1, 0.15) is 5.75 Å². The zero-order chi connectivity index (χ0) is 5.11. The molecule has 1 aromatic rings. The molecule has 0 aliphatic rings. The van der Waals surface area contributed by atoms with E-state index in [2.05, 4.69) is 0 Å². The molecule has 1 nitrogen and oxygen atoms in total. The Bertz CT molecular complexity index is 138. The van der Waals surface area contributed by atoms with Gasteiger partial charge in [-0.05, 0) is 12.1 Å². The number of benzene rings is 1. The number of rotatable bonds is 0. The number of aromatic hydroxyl groups is 1. The minimum atomic E-state index is 0. The van der Waals surface area contributed by atoms with Crippen molar-refractivity contribution in [3.63, 3.8) is 0 Å². The first-order valence-electron chi connectivity index (χ1n) is 2.13. The first-order chi connectivity index (χ1) is 3.39. The summed E-state index contributed by atoms with van der Waals surface area (Å²) in [7, 11) is 0. The molecule has 0 spiro atoms. The van der Waals surface area contributed by atoms with Gasteiger partial charge in [-0.25, -0.2) is 0 Å². The van der Waals surface area contributed by atoms with Crippen LogP contribution in [0.2, 0.25) is 0 Å². The van der Waals surface area contributed by atoms with Gasteiger partial charge in [0, 0.05) is 0 Å². The molecule has 0 atom stereocenters. The molecule has 42 valence electrons. The molecule has 1 N–H and O–H groups in total. The monoisotopic (exact) mass is 166 g/mol. The second-order valence-corrected chi connectivity index (χ2v) is 1.34. The van der Waals surface area contributed by atoms with Gasteiger partial charge in [-0.15, -0.1) is 0 Å². The first-order valence-corrected chi connectivity index (χ1v) is 2.13. The fourth-order valence-corrected chi connectivity index (χ4v) is 0.428. The van der Waals surface area contributed by atoms with E-state index in [1.54, 1.807) is 24.3 Å². The van der Waals surface area contributed by atoms with E-state index in [9.17, 15) is 0 Å². The van der Waals surface area contributed by atoms with Gasteiger partial charge in [0.2, 0.25) is 0 Å². The van der Waals surface area contributed by atoms with Crippen LogP contribution in [0.5, 0.6) is 5.75 Å². The molecule has 0 aromatic heterocycles. The Morgan fingerprint density at radius 2 is 1.50 bits per heavy atom. The summed E-state index contributed by atoms with van der Waals surface area (Å²) < 4.78 is 0. The van der Waals surface area contributed by atoms with E-state index in [4.69, 9.17) is 5.11 Å². The van der Waals surface area contributed by atoms with Crippen molar-refractivity contribution in [3.8, 4) is 5.75 Å². The zero-order valence-corrected chi connectivity index (χ0v) is 3.83. The number of phenolic OH excluding ortho intramolecular Hbond substituents is 1. The van der Waals surface area contributed by atoms with Crippen molar-refractivity contribution in [2.45, 2.75) is 0 Å². The molecule has 0 saturated carbocycles. The van der Waals surface area contributed by atoms with Gasteiger partial charge < -0.3 is 5.11 Å². The SMILES string of the molecule is Oc1ccccc1.[GaH3]. The van der Waals surface area contributed by atoms with Crippen LogP contribution >= 0.6 is 0 Å². The second-order valence-electron chi connectivity index (χ2n) is 1.34. The number of phenols is 1. The van der Waals surface area contributed by atoms with E-state index < -0.39 is 0 Å². The summed E-state index contributed by atoms with van der Waals surface area (Å²) in [5.74, 6) is 0.322. The molecular formula is C6H9GaO. The molecule has 0 aliphatic heterocycles. The Balaban J connectivity index is 0.000000490. The van der Waals surface area contributed by atoms with E-state index in [0.717, 1.165) is 0 Å². The van der Waals surface area contributed by atoms with Crippen LogP contribution in [0.4, 0.5) is 0 Å².